The van der Waals surface area contributed by atoms with Crippen LogP contribution in [-0.4, -0.2) is 149 Å². The van der Waals surface area contributed by atoms with Gasteiger partial charge in [-0.05, 0) is 99.8 Å². The number of hydrogen-bond donors (Lipinski definition) is 4. The molecule has 4 aromatic rings. The molecule has 0 atom stereocenters. The first-order valence-electron chi connectivity index (χ1n) is 33.3. The van der Waals surface area contributed by atoms with Crippen LogP contribution in [0, 0.1) is 0 Å². The van der Waals surface area contributed by atoms with Crippen molar-refractivity contribution < 1.29 is 105 Å². The molecule has 4 aromatic carbocycles. The molecule has 0 aromatic heterocycles. The van der Waals surface area contributed by atoms with Crippen molar-refractivity contribution >= 4 is 71.5 Å². The Bertz CT molecular complexity index is 2660. The van der Waals surface area contributed by atoms with E-state index in [-0.39, 0.29) is 141 Å². The van der Waals surface area contributed by atoms with E-state index < -0.39 is 98.3 Å². The van der Waals surface area contributed by atoms with E-state index in [0.29, 0.717) is 39.0 Å². The third kappa shape index (κ3) is 42.8. The molecule has 0 unspecified atom stereocenters. The highest BCUT2D eigenvalue weighted by atomic mass is 16.6. The van der Waals surface area contributed by atoms with E-state index in [9.17, 15) is 57.5 Å². The Morgan fingerprint density at radius 3 is 0.735 bits per heavy atom. The van der Waals surface area contributed by atoms with E-state index in [2.05, 4.69) is 21.3 Å². The minimum atomic E-state index is -1.20. The second-order valence-electron chi connectivity index (χ2n) is 22.6. The standard InChI is InChI=1S/C72H94N4O22/c77-61(37-39-71(87)97-59(51-93-67(83)33-15-29-63(79)89-47-55-21-5-1-6-22-55)52-94-68(84)34-16-30-64(80)90-48-56-23-7-2-8-24-56)75-45-19-43-73-41-13-14-42-74-44-20-46-76-62(78)38-40-72(88)98-60(53-95-69(85)35-17-31-65(81)91-49-57-25-9-3-10-26-57)54-96-70(86)36-18-32-66(82)92-50-58-27-11-4-12-28-58/h1-12,21-28,59-60,73-74H,13-20,29-54H2,(H,75,77)(H,76,78). The van der Waals surface area contributed by atoms with Gasteiger partial charge in [0.05, 0.1) is 12.8 Å². The molecule has 0 fully saturated rings. The van der Waals surface area contributed by atoms with Crippen LogP contribution >= 0.6 is 0 Å². The van der Waals surface area contributed by atoms with Crippen LogP contribution in [0.2, 0.25) is 0 Å². The highest BCUT2D eigenvalue weighted by Crippen LogP contribution is 2.13. The number of benzene rings is 4. The van der Waals surface area contributed by atoms with Crippen LogP contribution in [0.3, 0.4) is 0 Å². The summed E-state index contributed by atoms with van der Waals surface area (Å²) in [7, 11) is 0. The summed E-state index contributed by atoms with van der Waals surface area (Å²) in [4.78, 5) is 150. The monoisotopic (exact) mass is 1370 g/mol. The van der Waals surface area contributed by atoms with E-state index in [4.69, 9.17) is 47.4 Å². The number of ether oxygens (including phenoxy) is 10. The van der Waals surface area contributed by atoms with E-state index in [1.54, 1.807) is 0 Å². The zero-order chi connectivity index (χ0) is 70.5. The van der Waals surface area contributed by atoms with E-state index in [1.807, 2.05) is 121 Å². The number of rotatable bonds is 53. The molecule has 4 rings (SSSR count). The second-order valence-corrected chi connectivity index (χ2v) is 22.6. The summed E-state index contributed by atoms with van der Waals surface area (Å²) in [5.41, 5.74) is 3.27. The van der Waals surface area contributed by atoms with Gasteiger partial charge in [-0.2, -0.15) is 0 Å². The summed E-state index contributed by atoms with van der Waals surface area (Å²) in [6, 6.07) is 36.5. The first kappa shape index (κ1) is 80.9. The van der Waals surface area contributed by atoms with Crippen molar-refractivity contribution in [2.24, 2.45) is 0 Å². The lowest BCUT2D eigenvalue weighted by Gasteiger charge is -2.18. The minimum Gasteiger partial charge on any atom is -0.462 e. The van der Waals surface area contributed by atoms with Gasteiger partial charge in [0.15, 0.2) is 12.2 Å². The van der Waals surface area contributed by atoms with Gasteiger partial charge in [0.1, 0.15) is 52.9 Å². The van der Waals surface area contributed by atoms with Gasteiger partial charge in [-0.1, -0.05) is 121 Å². The average molecular weight is 1370 g/mol. The molecule has 26 nitrogen and oxygen atoms in total. The smallest absolute Gasteiger partial charge is 0.306 e. The fourth-order valence-electron chi connectivity index (χ4n) is 8.74. The molecule has 0 aliphatic heterocycles. The van der Waals surface area contributed by atoms with E-state index >= 15 is 0 Å². The van der Waals surface area contributed by atoms with Crippen molar-refractivity contribution in [2.45, 2.75) is 167 Å². The van der Waals surface area contributed by atoms with Crippen molar-refractivity contribution in [1.82, 2.24) is 21.3 Å². The molecule has 26 heteroatoms. The molecular weight excluding hydrogens is 1270 g/mol. The molecule has 4 N–H and O–H groups in total. The maximum Gasteiger partial charge on any atom is 0.306 e. The van der Waals surface area contributed by atoms with Crippen LogP contribution in [0.25, 0.3) is 0 Å². The molecule has 534 valence electrons. The normalized spacial score (nSPS) is 10.8. The first-order chi connectivity index (χ1) is 47.6. The Kier molecular flexibility index (Phi) is 42.6. The highest BCUT2D eigenvalue weighted by Gasteiger charge is 2.23. The summed E-state index contributed by atoms with van der Waals surface area (Å²) < 4.78 is 53.1. The predicted octanol–water partition coefficient (Wildman–Crippen LogP) is 7.17. The lowest BCUT2D eigenvalue weighted by atomic mass is 10.2. The zero-order valence-electron chi connectivity index (χ0n) is 55.7. The number of nitrogens with one attached hydrogen (secondary N) is 4. The van der Waals surface area contributed by atoms with Gasteiger partial charge in [-0.3, -0.25) is 57.5 Å². The lowest BCUT2D eigenvalue weighted by molar-refractivity contribution is -0.167. The molecule has 0 heterocycles. The number of esters is 10. The fourth-order valence-corrected chi connectivity index (χ4v) is 8.74. The average Bonchev–Trinajstić information content (AvgIpc) is 2.40. The molecule has 0 aliphatic carbocycles. The quantitative estimate of drug-likeness (QED) is 0.0193. The van der Waals surface area contributed by atoms with Crippen LogP contribution in [0.5, 0.6) is 0 Å². The zero-order valence-corrected chi connectivity index (χ0v) is 55.7. The number of carbonyl (C=O) groups is 12. The van der Waals surface area contributed by atoms with Gasteiger partial charge in [0.25, 0.3) is 0 Å². The molecule has 2 amide bonds. The molecule has 0 radical (unpaired) electrons. The Morgan fingerprint density at radius 2 is 0.480 bits per heavy atom. The van der Waals surface area contributed by atoms with Gasteiger partial charge in [-0.15, -0.1) is 0 Å². The van der Waals surface area contributed by atoms with Crippen molar-refractivity contribution in [3.8, 4) is 0 Å². The third-order valence-corrected chi connectivity index (χ3v) is 14.1. The summed E-state index contributed by atoms with van der Waals surface area (Å²) in [6.45, 7) is 1.98. The highest BCUT2D eigenvalue weighted by molar-refractivity contribution is 5.82. The maximum absolute atomic E-state index is 12.9. The van der Waals surface area contributed by atoms with Gasteiger partial charge in [0, 0.05) is 77.3 Å². The molecule has 0 spiro atoms. The summed E-state index contributed by atoms with van der Waals surface area (Å²) in [5, 5.41) is 12.2. The third-order valence-electron chi connectivity index (χ3n) is 14.1. The minimum absolute atomic E-state index is 0.0330. The predicted molar refractivity (Wildman–Crippen MR) is 353 cm³/mol. The second kappa shape index (κ2) is 51.7. The van der Waals surface area contributed by atoms with E-state index in [1.165, 1.54) is 0 Å². The topological polar surface area (TPSA) is 345 Å². The van der Waals surface area contributed by atoms with Crippen LogP contribution in [0.1, 0.15) is 151 Å². The van der Waals surface area contributed by atoms with Crippen LogP contribution in [0.15, 0.2) is 121 Å². The molecule has 0 saturated carbocycles. The number of unbranched alkanes of at least 4 members (excludes halogenated alkanes) is 1. The summed E-state index contributed by atoms with van der Waals surface area (Å²) in [6.07, 6.45) is -0.520. The summed E-state index contributed by atoms with van der Waals surface area (Å²) in [5.74, 6) is -7.05. The Hall–Kier alpha value is -9.56. The van der Waals surface area contributed by atoms with Gasteiger partial charge in [0.2, 0.25) is 11.8 Å². The van der Waals surface area contributed by atoms with Crippen molar-refractivity contribution in [3.63, 3.8) is 0 Å². The van der Waals surface area contributed by atoms with Crippen molar-refractivity contribution in [3.05, 3.63) is 144 Å². The van der Waals surface area contributed by atoms with E-state index in [0.717, 1.165) is 48.2 Å². The number of amides is 2. The van der Waals surface area contributed by atoms with Crippen LogP contribution in [0.4, 0.5) is 0 Å². The number of carbonyl (C=O) groups excluding carboxylic acids is 12. The maximum atomic E-state index is 12.9. The molecule has 0 saturated heterocycles. The Morgan fingerprint density at radius 1 is 0.245 bits per heavy atom. The molecule has 98 heavy (non-hydrogen) atoms. The number of hydrogen-bond acceptors (Lipinski definition) is 24. The first-order valence-corrected chi connectivity index (χ1v) is 33.3. The molecular formula is C72H94N4O22. The van der Waals surface area contributed by atoms with Gasteiger partial charge in [-0.25, -0.2) is 0 Å². The Labute approximate surface area is 571 Å². The fraction of sp³-hybridized carbons (Fsp3) is 0.500. The largest absolute Gasteiger partial charge is 0.462 e. The SMILES string of the molecule is O=C(CCC(=O)OC(COC(=O)CCCC(=O)OCc1ccccc1)COC(=O)CCCC(=O)OCc1ccccc1)NCCCNCCCCNCCCNC(=O)CCC(=O)OC(COC(=O)CCCC(=O)OCc1ccccc1)COC(=O)CCCC(=O)OCc1ccccc1. The van der Waals surface area contributed by atoms with Crippen LogP contribution in [-0.2, 0) is 131 Å². The van der Waals surface area contributed by atoms with Gasteiger partial charge >= 0.3 is 59.7 Å². The Balaban J connectivity index is 1.03. The van der Waals surface area contributed by atoms with Crippen LogP contribution < -0.4 is 21.3 Å². The van der Waals surface area contributed by atoms with Gasteiger partial charge < -0.3 is 68.6 Å². The lowest BCUT2D eigenvalue weighted by Crippen LogP contribution is -2.32. The molecule has 0 aliphatic rings. The van der Waals surface area contributed by atoms with Crippen molar-refractivity contribution in [2.75, 3.05) is 65.7 Å². The van der Waals surface area contributed by atoms with Crippen molar-refractivity contribution in [1.29, 1.82) is 0 Å². The summed E-state index contributed by atoms with van der Waals surface area (Å²) >= 11 is 0. The molecule has 0 bridgehead atoms.